The zero-order chi connectivity index (χ0) is 21.8. The quantitative estimate of drug-likeness (QED) is 0.477. The van der Waals surface area contributed by atoms with Gasteiger partial charge in [0.2, 0.25) is 0 Å². The molecule has 0 unspecified atom stereocenters. The Balaban J connectivity index is 1.43. The number of hydrogen-bond donors (Lipinski definition) is 1. The predicted molar refractivity (Wildman–Crippen MR) is 119 cm³/mol. The Morgan fingerprint density at radius 1 is 1.03 bits per heavy atom. The van der Waals surface area contributed by atoms with Crippen LogP contribution in [-0.2, 0) is 12.6 Å². The van der Waals surface area contributed by atoms with Crippen LogP contribution < -0.4 is 5.32 Å². The van der Waals surface area contributed by atoms with Crippen molar-refractivity contribution in [3.05, 3.63) is 102 Å². The van der Waals surface area contributed by atoms with Crippen molar-refractivity contribution >= 4 is 11.3 Å². The molecule has 2 nitrogen and oxygen atoms in total. The first-order chi connectivity index (χ1) is 14.9. The Kier molecular flexibility index (Phi) is 5.94. The van der Waals surface area contributed by atoms with Crippen LogP contribution in [0.15, 0.2) is 79.6 Å². The van der Waals surface area contributed by atoms with Gasteiger partial charge in [-0.1, -0.05) is 43.0 Å². The summed E-state index contributed by atoms with van der Waals surface area (Å²) in [6.45, 7) is 4.73. The summed E-state index contributed by atoms with van der Waals surface area (Å²) >= 11 is 0. The molecule has 0 aliphatic heterocycles. The number of nitrogens with zero attached hydrogens (tertiary/aromatic N) is 1. The number of rotatable bonds is 6. The molecule has 1 aromatic heterocycles. The zero-order valence-electron chi connectivity index (χ0n) is 17.0. The van der Waals surface area contributed by atoms with Crippen LogP contribution in [0.25, 0.3) is 22.4 Å². The summed E-state index contributed by atoms with van der Waals surface area (Å²) in [6.07, 6.45) is 3.54. The van der Waals surface area contributed by atoms with Gasteiger partial charge in [0, 0.05) is 30.2 Å². The van der Waals surface area contributed by atoms with Gasteiger partial charge in [-0.15, -0.1) is 0 Å². The highest BCUT2D eigenvalue weighted by Gasteiger charge is 2.31. The fourth-order valence-corrected chi connectivity index (χ4v) is 3.89. The molecule has 0 bridgehead atoms. The third kappa shape index (κ3) is 4.88. The molecule has 0 amide bonds. The molecule has 4 rings (SSSR count). The van der Waals surface area contributed by atoms with Crippen LogP contribution in [0.5, 0.6) is 0 Å². The third-order valence-electron chi connectivity index (χ3n) is 5.53. The predicted octanol–water partition coefficient (Wildman–Crippen LogP) is 6.75. The van der Waals surface area contributed by atoms with Crippen molar-refractivity contribution < 1.29 is 13.2 Å². The number of alkyl halides is 3. The number of allylic oxidation sites excluding steroid dienone is 1. The highest BCUT2D eigenvalue weighted by molar-refractivity contribution is 5.72. The van der Waals surface area contributed by atoms with Crippen molar-refractivity contribution in [3.8, 4) is 11.1 Å². The van der Waals surface area contributed by atoms with Gasteiger partial charge in [-0.2, -0.15) is 13.2 Å². The molecular formula is C26H23F3N2. The van der Waals surface area contributed by atoms with Crippen molar-refractivity contribution in [2.24, 2.45) is 0 Å². The Morgan fingerprint density at radius 3 is 2.65 bits per heavy atom. The second kappa shape index (κ2) is 8.80. The summed E-state index contributed by atoms with van der Waals surface area (Å²) in [6, 6.07) is 16.0. The lowest BCUT2D eigenvalue weighted by Gasteiger charge is -2.20. The fourth-order valence-electron chi connectivity index (χ4n) is 3.89. The van der Waals surface area contributed by atoms with E-state index >= 15 is 0 Å². The summed E-state index contributed by atoms with van der Waals surface area (Å²) in [4.78, 5) is 4.16. The second-order valence-corrected chi connectivity index (χ2v) is 7.62. The summed E-state index contributed by atoms with van der Waals surface area (Å²) < 4.78 is 39.4. The number of fused-ring (bicyclic) bond motifs is 1. The number of pyridine rings is 1. The SMILES string of the molecule is C=C(NCCC1=CCCc2ccc(C(F)(F)F)cc21)c1cccc(-c2cccnc2)c1. The van der Waals surface area contributed by atoms with Crippen LogP contribution >= 0.6 is 0 Å². The van der Waals surface area contributed by atoms with Crippen molar-refractivity contribution in [1.29, 1.82) is 0 Å². The van der Waals surface area contributed by atoms with Gasteiger partial charge in [0.25, 0.3) is 0 Å². The fraction of sp³-hybridized carbons (Fsp3) is 0.192. The van der Waals surface area contributed by atoms with E-state index in [0.717, 1.165) is 46.4 Å². The van der Waals surface area contributed by atoms with E-state index in [4.69, 9.17) is 0 Å². The van der Waals surface area contributed by atoms with Gasteiger partial charge in [-0.3, -0.25) is 4.98 Å². The number of aromatic nitrogens is 1. The monoisotopic (exact) mass is 420 g/mol. The van der Waals surface area contributed by atoms with Gasteiger partial charge in [-0.25, -0.2) is 0 Å². The highest BCUT2D eigenvalue weighted by atomic mass is 19.4. The number of hydrogen-bond acceptors (Lipinski definition) is 2. The molecule has 2 aromatic carbocycles. The summed E-state index contributed by atoms with van der Waals surface area (Å²) in [5.41, 5.74) is 5.89. The third-order valence-corrected chi connectivity index (χ3v) is 5.53. The van der Waals surface area contributed by atoms with E-state index in [1.54, 1.807) is 12.3 Å². The maximum atomic E-state index is 13.1. The van der Waals surface area contributed by atoms with Crippen LogP contribution in [0.4, 0.5) is 13.2 Å². The summed E-state index contributed by atoms with van der Waals surface area (Å²) in [7, 11) is 0. The molecule has 0 radical (unpaired) electrons. The lowest BCUT2D eigenvalue weighted by Crippen LogP contribution is -2.15. The normalized spacial score (nSPS) is 13.3. The van der Waals surface area contributed by atoms with E-state index in [1.165, 1.54) is 12.1 Å². The van der Waals surface area contributed by atoms with E-state index in [1.807, 2.05) is 36.5 Å². The maximum Gasteiger partial charge on any atom is 0.416 e. The number of aryl methyl sites for hydroxylation is 1. The van der Waals surface area contributed by atoms with Gasteiger partial charge in [-0.05, 0) is 71.4 Å². The molecule has 0 saturated carbocycles. The Morgan fingerprint density at radius 2 is 1.87 bits per heavy atom. The minimum atomic E-state index is -4.33. The number of nitrogens with one attached hydrogen (secondary N) is 1. The highest BCUT2D eigenvalue weighted by Crippen LogP contribution is 2.35. The van der Waals surface area contributed by atoms with Gasteiger partial charge in [0.05, 0.1) is 5.56 Å². The minimum absolute atomic E-state index is 0.594. The van der Waals surface area contributed by atoms with Gasteiger partial charge in [0.1, 0.15) is 0 Å². The Hall–Kier alpha value is -3.34. The Labute approximate surface area is 180 Å². The summed E-state index contributed by atoms with van der Waals surface area (Å²) in [5.74, 6) is 0. The van der Waals surface area contributed by atoms with Gasteiger partial charge < -0.3 is 5.32 Å². The minimum Gasteiger partial charge on any atom is -0.385 e. The first-order valence-corrected chi connectivity index (χ1v) is 10.2. The van der Waals surface area contributed by atoms with E-state index in [2.05, 4.69) is 29.0 Å². The molecule has 1 N–H and O–H groups in total. The first-order valence-electron chi connectivity index (χ1n) is 10.2. The molecule has 1 heterocycles. The molecule has 1 aliphatic carbocycles. The molecule has 3 aromatic rings. The van der Waals surface area contributed by atoms with Crippen LogP contribution in [0.1, 0.15) is 35.1 Å². The van der Waals surface area contributed by atoms with Crippen molar-refractivity contribution in [1.82, 2.24) is 10.3 Å². The molecule has 1 aliphatic rings. The largest absolute Gasteiger partial charge is 0.416 e. The van der Waals surface area contributed by atoms with Gasteiger partial charge in [0.15, 0.2) is 0 Å². The van der Waals surface area contributed by atoms with Crippen molar-refractivity contribution in [2.75, 3.05) is 6.54 Å². The van der Waals surface area contributed by atoms with Crippen LogP contribution in [0.3, 0.4) is 0 Å². The molecule has 158 valence electrons. The van der Waals surface area contributed by atoms with E-state index in [0.29, 0.717) is 18.5 Å². The second-order valence-electron chi connectivity index (χ2n) is 7.62. The lowest BCUT2D eigenvalue weighted by atomic mass is 9.88. The summed E-state index contributed by atoms with van der Waals surface area (Å²) in [5, 5.41) is 3.33. The average molecular weight is 420 g/mol. The number of halogens is 3. The van der Waals surface area contributed by atoms with Crippen molar-refractivity contribution in [2.45, 2.75) is 25.4 Å². The van der Waals surface area contributed by atoms with E-state index in [9.17, 15) is 13.2 Å². The molecule has 31 heavy (non-hydrogen) atoms. The molecule has 0 saturated heterocycles. The number of benzene rings is 2. The lowest BCUT2D eigenvalue weighted by molar-refractivity contribution is -0.137. The van der Waals surface area contributed by atoms with Crippen LogP contribution in [0, 0.1) is 0 Å². The molecule has 0 atom stereocenters. The maximum absolute atomic E-state index is 13.1. The molecule has 5 heteroatoms. The van der Waals surface area contributed by atoms with Crippen LogP contribution in [-0.4, -0.2) is 11.5 Å². The Bertz CT molecular complexity index is 1110. The van der Waals surface area contributed by atoms with Crippen LogP contribution in [0.2, 0.25) is 0 Å². The first kappa shape index (κ1) is 20.9. The molecule has 0 spiro atoms. The zero-order valence-corrected chi connectivity index (χ0v) is 17.0. The van der Waals surface area contributed by atoms with Crippen molar-refractivity contribution in [3.63, 3.8) is 0 Å². The molecule has 0 fully saturated rings. The van der Waals surface area contributed by atoms with E-state index in [-0.39, 0.29) is 0 Å². The molecular weight excluding hydrogens is 397 g/mol. The smallest absolute Gasteiger partial charge is 0.385 e. The average Bonchev–Trinajstić information content (AvgIpc) is 2.79. The van der Waals surface area contributed by atoms with Gasteiger partial charge >= 0.3 is 6.18 Å². The van der Waals surface area contributed by atoms with E-state index < -0.39 is 11.7 Å². The standard InChI is InChI=1S/C26H23F3N2/c1-18(21-7-3-8-22(15-21)23-9-4-13-30-17-23)31-14-12-20-6-2-5-19-10-11-24(16-25(19)20)26(27,28)29/h3-4,6-11,13,15-17,31H,1-2,5,12,14H2. The topological polar surface area (TPSA) is 24.9 Å².